The van der Waals surface area contributed by atoms with Crippen LogP contribution in [0.15, 0.2) is 78.4 Å². The third-order valence-electron chi connectivity index (χ3n) is 4.93. The molecule has 0 atom stereocenters. The van der Waals surface area contributed by atoms with Crippen LogP contribution in [-0.2, 0) is 6.54 Å². The first-order chi connectivity index (χ1) is 13.3. The number of aromatic nitrogens is 2. The number of thiophene rings is 1. The zero-order chi connectivity index (χ0) is 18.2. The van der Waals surface area contributed by atoms with Gasteiger partial charge in [-0.3, -0.25) is 0 Å². The summed E-state index contributed by atoms with van der Waals surface area (Å²) in [7, 11) is 1.96. The molecule has 0 saturated carbocycles. The summed E-state index contributed by atoms with van der Waals surface area (Å²) in [6.07, 6.45) is 4.08. The van der Waals surface area contributed by atoms with Gasteiger partial charge in [-0.1, -0.05) is 24.3 Å². The minimum absolute atomic E-state index is 0.877. The summed E-state index contributed by atoms with van der Waals surface area (Å²) in [6, 6.07) is 21.6. The molecule has 4 heteroatoms. The summed E-state index contributed by atoms with van der Waals surface area (Å²) < 4.78 is 3.46. The second-order valence-electron chi connectivity index (χ2n) is 6.66. The highest BCUT2D eigenvalue weighted by Gasteiger charge is 2.09. The molecule has 0 radical (unpaired) electrons. The fourth-order valence-corrected chi connectivity index (χ4v) is 4.42. The molecule has 0 bridgehead atoms. The van der Waals surface area contributed by atoms with E-state index in [-0.39, 0.29) is 0 Å². The molecule has 0 aliphatic carbocycles. The molecular formula is C23H19N3S. The van der Waals surface area contributed by atoms with Gasteiger partial charge < -0.3 is 9.88 Å². The van der Waals surface area contributed by atoms with E-state index in [0.717, 1.165) is 28.8 Å². The number of hydrogen-bond donors (Lipinski definition) is 1. The Bertz CT molecular complexity index is 1230. The predicted molar refractivity (Wildman–Crippen MR) is 115 cm³/mol. The molecule has 0 unspecified atom stereocenters. The lowest BCUT2D eigenvalue weighted by Gasteiger charge is -2.08. The summed E-state index contributed by atoms with van der Waals surface area (Å²) >= 11 is 1.78. The van der Waals surface area contributed by atoms with Crippen LogP contribution in [0.4, 0.5) is 0 Å². The first-order valence-corrected chi connectivity index (χ1v) is 9.89. The summed E-state index contributed by atoms with van der Waals surface area (Å²) in [5.41, 5.74) is 5.79. The largest absolute Gasteiger partial charge is 0.316 e. The Kier molecular flexibility index (Phi) is 4.00. The molecule has 0 saturated heterocycles. The van der Waals surface area contributed by atoms with Crippen LogP contribution in [-0.4, -0.2) is 16.6 Å². The Morgan fingerprint density at radius 2 is 1.93 bits per heavy atom. The van der Waals surface area contributed by atoms with Crippen LogP contribution in [0.3, 0.4) is 0 Å². The van der Waals surface area contributed by atoms with Gasteiger partial charge in [0.1, 0.15) is 5.65 Å². The van der Waals surface area contributed by atoms with E-state index in [4.69, 9.17) is 4.98 Å². The van der Waals surface area contributed by atoms with Crippen molar-refractivity contribution in [1.29, 1.82) is 0 Å². The molecule has 27 heavy (non-hydrogen) atoms. The highest BCUT2D eigenvalue weighted by molar-refractivity contribution is 7.17. The van der Waals surface area contributed by atoms with Crippen LogP contribution in [0, 0.1) is 0 Å². The Labute approximate surface area is 161 Å². The fourth-order valence-electron chi connectivity index (χ4n) is 3.60. The highest BCUT2D eigenvalue weighted by Crippen LogP contribution is 2.33. The number of benzene rings is 2. The van der Waals surface area contributed by atoms with Gasteiger partial charge in [0.2, 0.25) is 0 Å². The topological polar surface area (TPSA) is 29.9 Å². The van der Waals surface area contributed by atoms with E-state index in [9.17, 15) is 0 Å². The van der Waals surface area contributed by atoms with Crippen LogP contribution in [0.2, 0.25) is 0 Å². The van der Waals surface area contributed by atoms with Crippen molar-refractivity contribution in [1.82, 2.24) is 14.9 Å². The van der Waals surface area contributed by atoms with Gasteiger partial charge in [0.15, 0.2) is 0 Å². The van der Waals surface area contributed by atoms with Gasteiger partial charge in [-0.05, 0) is 60.0 Å². The summed E-state index contributed by atoms with van der Waals surface area (Å²) in [4.78, 5) is 4.80. The van der Waals surface area contributed by atoms with Gasteiger partial charge in [-0.15, -0.1) is 11.3 Å². The van der Waals surface area contributed by atoms with Crippen LogP contribution >= 0.6 is 11.3 Å². The van der Waals surface area contributed by atoms with E-state index in [1.165, 1.54) is 21.2 Å². The maximum Gasteiger partial charge on any atom is 0.144 e. The zero-order valence-corrected chi connectivity index (χ0v) is 15.8. The molecule has 3 aromatic heterocycles. The van der Waals surface area contributed by atoms with Gasteiger partial charge in [-0.25, -0.2) is 4.98 Å². The second kappa shape index (κ2) is 6.65. The molecule has 0 amide bonds. The molecular weight excluding hydrogens is 350 g/mol. The van der Waals surface area contributed by atoms with Crippen molar-refractivity contribution in [3.05, 3.63) is 84.0 Å². The van der Waals surface area contributed by atoms with Crippen LogP contribution < -0.4 is 5.32 Å². The minimum atomic E-state index is 0.877. The lowest BCUT2D eigenvalue weighted by molar-refractivity contribution is 0.817. The Morgan fingerprint density at radius 3 is 2.78 bits per heavy atom. The van der Waals surface area contributed by atoms with Crippen LogP contribution in [0.5, 0.6) is 0 Å². The number of fused-ring (bicyclic) bond motifs is 2. The van der Waals surface area contributed by atoms with Gasteiger partial charge in [-0.2, -0.15) is 0 Å². The zero-order valence-electron chi connectivity index (χ0n) is 15.0. The molecule has 0 aliphatic heterocycles. The molecule has 5 aromatic rings. The van der Waals surface area contributed by atoms with Gasteiger partial charge in [0, 0.05) is 45.7 Å². The van der Waals surface area contributed by atoms with E-state index >= 15 is 0 Å². The van der Waals surface area contributed by atoms with Gasteiger partial charge >= 0.3 is 0 Å². The molecule has 3 heterocycles. The molecule has 1 N–H and O–H groups in total. The van der Waals surface area contributed by atoms with E-state index in [1.807, 2.05) is 13.2 Å². The molecule has 5 rings (SSSR count). The third-order valence-corrected chi connectivity index (χ3v) is 5.81. The molecule has 0 spiro atoms. The number of hydrogen-bond acceptors (Lipinski definition) is 3. The maximum atomic E-state index is 4.80. The van der Waals surface area contributed by atoms with Gasteiger partial charge in [0.25, 0.3) is 0 Å². The normalized spacial score (nSPS) is 11.4. The maximum absolute atomic E-state index is 4.80. The van der Waals surface area contributed by atoms with E-state index in [2.05, 4.69) is 82.1 Å². The molecule has 2 aromatic carbocycles. The summed E-state index contributed by atoms with van der Waals surface area (Å²) in [5.74, 6) is 0. The summed E-state index contributed by atoms with van der Waals surface area (Å²) in [5, 5.41) is 7.78. The van der Waals surface area contributed by atoms with Crippen LogP contribution in [0.25, 0.3) is 37.9 Å². The molecule has 132 valence electrons. The smallest absolute Gasteiger partial charge is 0.144 e. The predicted octanol–water partition coefficient (Wildman–Crippen LogP) is 5.63. The van der Waals surface area contributed by atoms with E-state index < -0.39 is 0 Å². The Morgan fingerprint density at radius 1 is 1.04 bits per heavy atom. The Hall–Kier alpha value is -2.95. The van der Waals surface area contributed by atoms with Crippen molar-refractivity contribution in [3.8, 4) is 16.8 Å². The van der Waals surface area contributed by atoms with Crippen molar-refractivity contribution < 1.29 is 0 Å². The number of nitrogens with one attached hydrogen (secondary N) is 1. The lowest BCUT2D eigenvalue weighted by atomic mass is 10.0. The van der Waals surface area contributed by atoms with E-state index in [0.29, 0.717) is 0 Å². The second-order valence-corrected chi connectivity index (χ2v) is 7.61. The van der Waals surface area contributed by atoms with Crippen molar-refractivity contribution >= 4 is 32.5 Å². The van der Waals surface area contributed by atoms with Crippen LogP contribution in [0.1, 0.15) is 5.56 Å². The molecule has 3 nitrogen and oxygen atoms in total. The minimum Gasteiger partial charge on any atom is -0.316 e. The summed E-state index contributed by atoms with van der Waals surface area (Å²) in [6.45, 7) is 0.877. The first kappa shape index (κ1) is 16.2. The average molecular weight is 369 g/mol. The van der Waals surface area contributed by atoms with Crippen molar-refractivity contribution in [2.24, 2.45) is 0 Å². The first-order valence-electron chi connectivity index (χ1n) is 9.01. The fraction of sp³-hybridized carbons (Fsp3) is 0.0870. The standard InChI is InChI=1S/C23H19N3S/c1-24-14-16-5-7-19(8-6-16)26-11-9-17-13-18(15-25-23(17)26)20-3-2-4-22-21(20)10-12-27-22/h2-13,15,24H,14H2,1H3. The van der Waals surface area contributed by atoms with E-state index in [1.54, 1.807) is 11.3 Å². The lowest BCUT2D eigenvalue weighted by Crippen LogP contribution is -2.05. The highest BCUT2D eigenvalue weighted by atomic mass is 32.1. The number of pyridine rings is 1. The van der Waals surface area contributed by atoms with Gasteiger partial charge in [0.05, 0.1) is 0 Å². The Balaban J connectivity index is 1.57. The van der Waals surface area contributed by atoms with Crippen molar-refractivity contribution in [2.45, 2.75) is 6.54 Å². The molecule has 0 fully saturated rings. The van der Waals surface area contributed by atoms with Crippen molar-refractivity contribution in [2.75, 3.05) is 7.05 Å². The van der Waals surface area contributed by atoms with Crippen molar-refractivity contribution in [3.63, 3.8) is 0 Å². The quantitative estimate of drug-likeness (QED) is 0.445. The average Bonchev–Trinajstić information content (AvgIpc) is 3.35. The number of rotatable bonds is 4. The molecule has 0 aliphatic rings. The monoisotopic (exact) mass is 369 g/mol. The third kappa shape index (κ3) is 2.83. The SMILES string of the molecule is CNCc1ccc(-n2ccc3cc(-c4cccc5sccc45)cnc32)cc1. The number of nitrogens with zero attached hydrogens (tertiary/aromatic N) is 2.